The molecule has 108 valence electrons. The second-order valence-corrected chi connectivity index (χ2v) is 11.5. The molecule has 0 bridgehead atoms. The van der Waals surface area contributed by atoms with Crippen molar-refractivity contribution in [3.63, 3.8) is 0 Å². The Hall–Kier alpha value is -0.143. The van der Waals surface area contributed by atoms with Crippen LogP contribution in [0.1, 0.15) is 26.7 Å². The molecule has 1 N–H and O–H groups in total. The summed E-state index contributed by atoms with van der Waals surface area (Å²) in [5, 5.41) is -0.0363. The molecule has 0 aliphatic heterocycles. The van der Waals surface area contributed by atoms with Crippen LogP contribution in [0.25, 0.3) is 0 Å². The second-order valence-electron chi connectivity index (χ2n) is 5.95. The molecule has 1 aromatic carbocycles. The minimum Gasteiger partial charge on any atom is -0.492 e. The molecule has 0 unspecified atom stereocenters. The first-order valence-corrected chi connectivity index (χ1v) is 10.5. The SMILES string of the molecule is CC(C)(CCCOc1cccc(F)c1I)[Si](C)(C)O. The molecule has 0 aliphatic rings. The Balaban J connectivity index is 2.46. The number of ether oxygens (including phenoxy) is 1. The molecule has 0 aliphatic carbocycles. The summed E-state index contributed by atoms with van der Waals surface area (Å²) in [7, 11) is -2.15. The number of benzene rings is 1. The van der Waals surface area contributed by atoms with Gasteiger partial charge in [-0.25, -0.2) is 4.39 Å². The fraction of sp³-hybridized carbons (Fsp3) is 0.571. The van der Waals surface area contributed by atoms with E-state index in [2.05, 4.69) is 13.8 Å². The zero-order chi connectivity index (χ0) is 14.7. The predicted octanol–water partition coefficient (Wildman–Crippen LogP) is 4.57. The Kier molecular flexibility index (Phi) is 5.82. The third-order valence-corrected chi connectivity index (χ3v) is 8.39. The molecule has 0 aromatic heterocycles. The molecule has 0 saturated heterocycles. The van der Waals surface area contributed by atoms with Crippen molar-refractivity contribution in [1.82, 2.24) is 0 Å². The lowest BCUT2D eigenvalue weighted by Gasteiger charge is -2.35. The van der Waals surface area contributed by atoms with Crippen LogP contribution in [0.15, 0.2) is 18.2 Å². The zero-order valence-corrected chi connectivity index (χ0v) is 15.1. The van der Waals surface area contributed by atoms with E-state index in [1.54, 1.807) is 12.1 Å². The monoisotopic (exact) mass is 396 g/mol. The van der Waals surface area contributed by atoms with Crippen LogP contribution in [-0.2, 0) is 0 Å². The average Bonchev–Trinajstić information content (AvgIpc) is 2.28. The molecule has 0 saturated carbocycles. The van der Waals surface area contributed by atoms with E-state index in [1.165, 1.54) is 6.07 Å². The molecule has 2 nitrogen and oxygen atoms in total. The molecule has 19 heavy (non-hydrogen) atoms. The van der Waals surface area contributed by atoms with Crippen LogP contribution in [0.2, 0.25) is 18.1 Å². The Morgan fingerprint density at radius 2 is 2.00 bits per heavy atom. The van der Waals surface area contributed by atoms with E-state index in [-0.39, 0.29) is 10.9 Å². The molecular formula is C14H22FIO2Si. The van der Waals surface area contributed by atoms with Crippen LogP contribution in [0.4, 0.5) is 4.39 Å². The molecule has 5 heteroatoms. The van der Waals surface area contributed by atoms with Crippen molar-refractivity contribution in [2.24, 2.45) is 0 Å². The van der Waals surface area contributed by atoms with Crippen molar-refractivity contribution in [1.29, 1.82) is 0 Å². The summed E-state index contributed by atoms with van der Waals surface area (Å²) in [6.07, 6.45) is 1.77. The smallest absolute Gasteiger partial charge is 0.188 e. The molecule has 0 atom stereocenters. The van der Waals surface area contributed by atoms with Crippen LogP contribution < -0.4 is 4.74 Å². The van der Waals surface area contributed by atoms with Gasteiger partial charge in [-0.1, -0.05) is 19.9 Å². The van der Waals surface area contributed by atoms with Crippen molar-refractivity contribution < 1.29 is 13.9 Å². The quantitative estimate of drug-likeness (QED) is 0.434. The van der Waals surface area contributed by atoms with Gasteiger partial charge in [0.2, 0.25) is 0 Å². The lowest BCUT2D eigenvalue weighted by atomic mass is 10.1. The van der Waals surface area contributed by atoms with E-state index < -0.39 is 8.32 Å². The zero-order valence-electron chi connectivity index (χ0n) is 12.0. The van der Waals surface area contributed by atoms with Crippen LogP contribution >= 0.6 is 22.6 Å². The third-order valence-electron chi connectivity index (χ3n) is 3.78. The van der Waals surface area contributed by atoms with Gasteiger partial charge in [0, 0.05) is 0 Å². The summed E-state index contributed by atoms with van der Waals surface area (Å²) in [4.78, 5) is 10.2. The van der Waals surface area contributed by atoms with Gasteiger partial charge in [0.05, 0.1) is 10.2 Å². The highest BCUT2D eigenvalue weighted by Gasteiger charge is 2.37. The molecular weight excluding hydrogens is 374 g/mol. The molecule has 0 fully saturated rings. The summed E-state index contributed by atoms with van der Waals surface area (Å²) in [5.41, 5.74) is 0. The highest BCUT2D eigenvalue weighted by atomic mass is 127. The van der Waals surface area contributed by atoms with Gasteiger partial charge in [-0.15, -0.1) is 0 Å². The highest BCUT2D eigenvalue weighted by Crippen LogP contribution is 2.39. The average molecular weight is 396 g/mol. The first-order valence-electron chi connectivity index (χ1n) is 6.44. The molecule has 0 radical (unpaired) electrons. The number of hydrogen-bond acceptors (Lipinski definition) is 2. The predicted molar refractivity (Wildman–Crippen MR) is 87.6 cm³/mol. The van der Waals surface area contributed by atoms with Crippen LogP contribution in [0.3, 0.4) is 0 Å². The van der Waals surface area contributed by atoms with E-state index in [0.717, 1.165) is 12.8 Å². The Bertz CT molecular complexity index is 430. The van der Waals surface area contributed by atoms with Crippen molar-refractivity contribution in [3.8, 4) is 5.75 Å². The maximum Gasteiger partial charge on any atom is 0.188 e. The molecule has 0 heterocycles. The van der Waals surface area contributed by atoms with Gasteiger partial charge < -0.3 is 9.53 Å². The lowest BCUT2D eigenvalue weighted by Crippen LogP contribution is -2.39. The van der Waals surface area contributed by atoms with Crippen LogP contribution in [0.5, 0.6) is 5.75 Å². The third kappa shape index (κ3) is 4.72. The standard InChI is InChI=1S/C14H22FIO2Si/c1-14(2,19(3,4)17)9-6-10-18-12-8-5-7-11(15)13(12)16/h5,7-8,17H,6,9-10H2,1-4H3. The summed E-state index contributed by atoms with van der Waals surface area (Å²) in [6, 6.07) is 4.86. The first kappa shape index (κ1) is 16.9. The molecule has 1 rings (SSSR count). The lowest BCUT2D eigenvalue weighted by molar-refractivity contribution is 0.291. The fourth-order valence-corrected chi connectivity index (χ4v) is 2.90. The second kappa shape index (κ2) is 6.54. The van der Waals surface area contributed by atoms with Crippen molar-refractivity contribution >= 4 is 30.9 Å². The maximum atomic E-state index is 13.3. The van der Waals surface area contributed by atoms with Gasteiger partial charge in [0.25, 0.3) is 0 Å². The van der Waals surface area contributed by atoms with Gasteiger partial charge in [-0.2, -0.15) is 0 Å². The van der Waals surface area contributed by atoms with Gasteiger partial charge in [0.15, 0.2) is 8.32 Å². The van der Waals surface area contributed by atoms with Crippen molar-refractivity contribution in [2.75, 3.05) is 6.61 Å². The molecule has 0 amide bonds. The highest BCUT2D eigenvalue weighted by molar-refractivity contribution is 14.1. The van der Waals surface area contributed by atoms with Gasteiger partial charge in [-0.05, 0) is 65.7 Å². The minimum atomic E-state index is -2.15. The normalized spacial score (nSPS) is 12.6. The molecule has 1 aromatic rings. The van der Waals surface area contributed by atoms with Gasteiger partial charge in [0.1, 0.15) is 11.6 Å². The van der Waals surface area contributed by atoms with E-state index in [1.807, 2.05) is 35.7 Å². The number of hydrogen-bond donors (Lipinski definition) is 1. The fourth-order valence-electron chi connectivity index (χ4n) is 1.60. The topological polar surface area (TPSA) is 29.5 Å². The molecule has 0 spiro atoms. The Labute approximate surface area is 129 Å². The van der Waals surface area contributed by atoms with E-state index in [0.29, 0.717) is 15.9 Å². The largest absolute Gasteiger partial charge is 0.492 e. The van der Waals surface area contributed by atoms with Crippen molar-refractivity contribution in [2.45, 2.75) is 44.8 Å². The minimum absolute atomic E-state index is 0.0363. The summed E-state index contributed by atoms with van der Waals surface area (Å²) in [6.45, 7) is 8.68. The Morgan fingerprint density at radius 3 is 2.58 bits per heavy atom. The number of halogens is 2. The van der Waals surface area contributed by atoms with E-state index in [4.69, 9.17) is 4.74 Å². The van der Waals surface area contributed by atoms with E-state index in [9.17, 15) is 9.19 Å². The summed E-state index contributed by atoms with van der Waals surface area (Å²) >= 11 is 1.95. The summed E-state index contributed by atoms with van der Waals surface area (Å²) < 4.78 is 19.5. The first-order chi connectivity index (χ1) is 8.65. The van der Waals surface area contributed by atoms with Crippen LogP contribution in [0, 0.1) is 9.39 Å². The maximum absolute atomic E-state index is 13.3. The van der Waals surface area contributed by atoms with Gasteiger partial charge in [-0.3, -0.25) is 0 Å². The van der Waals surface area contributed by atoms with E-state index >= 15 is 0 Å². The van der Waals surface area contributed by atoms with Crippen molar-refractivity contribution in [3.05, 3.63) is 27.6 Å². The summed E-state index contributed by atoms with van der Waals surface area (Å²) in [5.74, 6) is 0.348. The van der Waals surface area contributed by atoms with Gasteiger partial charge >= 0.3 is 0 Å². The van der Waals surface area contributed by atoms with Crippen LogP contribution in [-0.4, -0.2) is 19.7 Å². The Morgan fingerprint density at radius 1 is 1.37 bits per heavy atom. The number of rotatable bonds is 6.